The lowest BCUT2D eigenvalue weighted by molar-refractivity contribution is -0.930. The SMILES string of the molecule is O=C(NC1CC2C(=O)NCC(CCC(=O)N3CCN(C4CCCC[NH2+]4)CC3)[NH+]2C1)C1CCCCC1. The van der Waals surface area contributed by atoms with E-state index in [4.69, 9.17) is 0 Å². The Labute approximate surface area is 209 Å². The van der Waals surface area contributed by atoms with E-state index in [1.165, 1.54) is 37.1 Å². The van der Waals surface area contributed by atoms with Crippen LogP contribution in [0.5, 0.6) is 0 Å². The molecule has 0 aromatic heterocycles. The third kappa shape index (κ3) is 6.00. The standard InChI is InChI=1S/C26H44N6O3/c33-24(31-14-12-30(13-15-31)23-8-4-5-11-27-23)10-9-21-17-28-26(35)22-16-20(18-32(21)22)29-25(34)19-6-2-1-3-7-19/h19-23,27H,1-18H2,(H,28,35)(H,29,34)/p+2. The molecule has 0 radical (unpaired) electrons. The molecule has 9 nitrogen and oxygen atoms in total. The Morgan fingerprint density at radius 1 is 1.03 bits per heavy atom. The molecule has 0 aromatic carbocycles. The summed E-state index contributed by atoms with van der Waals surface area (Å²) < 4.78 is 0. The van der Waals surface area contributed by atoms with E-state index < -0.39 is 0 Å². The summed E-state index contributed by atoms with van der Waals surface area (Å²) in [6.45, 7) is 6.28. The zero-order valence-electron chi connectivity index (χ0n) is 21.3. The first kappa shape index (κ1) is 25.0. The fourth-order valence-corrected chi connectivity index (χ4v) is 7.25. The van der Waals surface area contributed by atoms with Crippen LogP contribution in [0.1, 0.15) is 70.6 Å². The summed E-state index contributed by atoms with van der Waals surface area (Å²) in [6, 6.07) is 0.211. The molecule has 5 atom stereocenters. The number of rotatable bonds is 6. The first-order chi connectivity index (χ1) is 17.1. The second kappa shape index (κ2) is 11.6. The molecular formula is C26H46N6O3+2. The van der Waals surface area contributed by atoms with E-state index in [0.717, 1.165) is 64.8 Å². The van der Waals surface area contributed by atoms with Gasteiger partial charge in [-0.2, -0.15) is 0 Å². The maximum absolute atomic E-state index is 13.0. The van der Waals surface area contributed by atoms with Gasteiger partial charge in [-0.1, -0.05) is 19.3 Å². The molecule has 5 aliphatic rings. The number of nitrogens with one attached hydrogen (secondary N) is 3. The maximum atomic E-state index is 13.0. The molecule has 5 N–H and O–H groups in total. The van der Waals surface area contributed by atoms with E-state index >= 15 is 0 Å². The molecule has 5 fully saturated rings. The molecule has 5 rings (SSSR count). The fraction of sp³-hybridized carbons (Fsp3) is 0.885. The number of fused-ring (bicyclic) bond motifs is 1. The Morgan fingerprint density at radius 2 is 1.80 bits per heavy atom. The monoisotopic (exact) mass is 490 g/mol. The highest BCUT2D eigenvalue weighted by Gasteiger charge is 2.48. The predicted octanol–water partition coefficient (Wildman–Crippen LogP) is -1.80. The van der Waals surface area contributed by atoms with E-state index in [9.17, 15) is 14.4 Å². The van der Waals surface area contributed by atoms with Crippen molar-refractivity contribution in [3.05, 3.63) is 0 Å². The highest BCUT2D eigenvalue weighted by molar-refractivity contribution is 5.82. The van der Waals surface area contributed by atoms with Crippen LogP contribution in [0.4, 0.5) is 0 Å². The number of hydrogen-bond donors (Lipinski definition) is 4. The van der Waals surface area contributed by atoms with Crippen LogP contribution in [0, 0.1) is 5.92 Å². The van der Waals surface area contributed by atoms with Gasteiger partial charge in [-0.3, -0.25) is 19.3 Å². The minimum absolute atomic E-state index is 0.0659. The van der Waals surface area contributed by atoms with Crippen LogP contribution in [-0.4, -0.2) is 97.6 Å². The van der Waals surface area contributed by atoms with E-state index in [1.54, 1.807) is 0 Å². The number of hydrogen-bond acceptors (Lipinski definition) is 4. The van der Waals surface area contributed by atoms with Crippen molar-refractivity contribution in [3.63, 3.8) is 0 Å². The number of nitrogens with zero attached hydrogens (tertiary/aromatic N) is 2. The molecule has 0 spiro atoms. The average Bonchev–Trinajstić information content (AvgIpc) is 3.34. The molecule has 3 amide bonds. The van der Waals surface area contributed by atoms with Crippen molar-refractivity contribution < 1.29 is 24.6 Å². The third-order valence-corrected chi connectivity index (χ3v) is 9.37. The van der Waals surface area contributed by atoms with Crippen molar-refractivity contribution in [2.45, 2.75) is 94.9 Å². The summed E-state index contributed by atoms with van der Waals surface area (Å²) in [7, 11) is 0. The highest BCUT2D eigenvalue weighted by Crippen LogP contribution is 2.24. The second-order valence-corrected chi connectivity index (χ2v) is 11.6. The highest BCUT2D eigenvalue weighted by atomic mass is 16.2. The first-order valence-electron chi connectivity index (χ1n) is 14.4. The van der Waals surface area contributed by atoms with Crippen molar-refractivity contribution >= 4 is 17.7 Å². The number of carbonyl (C=O) groups is 3. The van der Waals surface area contributed by atoms with Crippen LogP contribution in [0.2, 0.25) is 0 Å². The van der Waals surface area contributed by atoms with Gasteiger partial charge in [0, 0.05) is 57.8 Å². The Morgan fingerprint density at radius 3 is 2.54 bits per heavy atom. The van der Waals surface area contributed by atoms with Gasteiger partial charge < -0.3 is 25.8 Å². The van der Waals surface area contributed by atoms with Gasteiger partial charge in [-0.25, -0.2) is 0 Å². The molecule has 35 heavy (non-hydrogen) atoms. The van der Waals surface area contributed by atoms with Crippen molar-refractivity contribution in [1.82, 2.24) is 20.4 Å². The average molecular weight is 491 g/mol. The maximum Gasteiger partial charge on any atom is 0.278 e. The number of carbonyl (C=O) groups excluding carboxylic acids is 3. The van der Waals surface area contributed by atoms with Gasteiger partial charge in [0.25, 0.3) is 5.91 Å². The van der Waals surface area contributed by atoms with Crippen LogP contribution < -0.4 is 20.9 Å². The summed E-state index contributed by atoms with van der Waals surface area (Å²) in [5.41, 5.74) is 0. The fourth-order valence-electron chi connectivity index (χ4n) is 7.25. The molecule has 4 heterocycles. The normalized spacial score (nSPS) is 34.8. The van der Waals surface area contributed by atoms with Gasteiger partial charge in [0.05, 0.1) is 25.7 Å². The molecule has 0 aromatic rings. The second-order valence-electron chi connectivity index (χ2n) is 11.6. The summed E-state index contributed by atoms with van der Waals surface area (Å²) in [5, 5.41) is 8.82. The lowest BCUT2D eigenvalue weighted by Gasteiger charge is -2.39. The van der Waals surface area contributed by atoms with E-state index in [0.29, 0.717) is 25.6 Å². The van der Waals surface area contributed by atoms with Crippen molar-refractivity contribution in [1.29, 1.82) is 0 Å². The van der Waals surface area contributed by atoms with Crippen LogP contribution in [0.3, 0.4) is 0 Å². The van der Waals surface area contributed by atoms with E-state index in [-0.39, 0.29) is 41.8 Å². The summed E-state index contributed by atoms with van der Waals surface area (Å²) >= 11 is 0. The number of quaternary nitrogens is 2. The summed E-state index contributed by atoms with van der Waals surface area (Å²) in [6.07, 6.45) is 12.1. The number of piperazine rings is 2. The summed E-state index contributed by atoms with van der Waals surface area (Å²) in [5.74, 6) is 0.695. The zero-order chi connectivity index (χ0) is 24.2. The van der Waals surface area contributed by atoms with Gasteiger partial charge in [-0.05, 0) is 25.7 Å². The first-order valence-corrected chi connectivity index (χ1v) is 14.4. The smallest absolute Gasteiger partial charge is 0.278 e. The lowest BCUT2D eigenvalue weighted by atomic mass is 9.88. The third-order valence-electron chi connectivity index (χ3n) is 9.37. The summed E-state index contributed by atoms with van der Waals surface area (Å²) in [4.78, 5) is 44.2. The Bertz CT molecular complexity index is 758. The number of nitrogens with two attached hydrogens (primary N) is 1. The molecule has 5 unspecified atom stereocenters. The molecule has 1 aliphatic carbocycles. The Balaban J connectivity index is 1.08. The van der Waals surface area contributed by atoms with Gasteiger partial charge in [0.15, 0.2) is 6.04 Å². The molecule has 9 heteroatoms. The minimum Gasteiger partial charge on any atom is -0.347 e. The molecule has 4 aliphatic heterocycles. The molecule has 1 saturated carbocycles. The lowest BCUT2D eigenvalue weighted by Crippen LogP contribution is -3.21. The minimum atomic E-state index is -0.101. The molecule has 196 valence electrons. The predicted molar refractivity (Wildman–Crippen MR) is 131 cm³/mol. The topological polar surface area (TPSA) is 103 Å². The molecule has 4 saturated heterocycles. The van der Waals surface area contributed by atoms with Crippen molar-refractivity contribution in [2.75, 3.05) is 45.8 Å². The molecular weight excluding hydrogens is 444 g/mol. The van der Waals surface area contributed by atoms with E-state index in [2.05, 4.69) is 20.9 Å². The van der Waals surface area contributed by atoms with Crippen LogP contribution in [0.25, 0.3) is 0 Å². The van der Waals surface area contributed by atoms with Gasteiger partial charge in [0.2, 0.25) is 11.8 Å². The quantitative estimate of drug-likeness (QED) is 0.353. The largest absolute Gasteiger partial charge is 0.347 e. The Hall–Kier alpha value is -1.71. The van der Waals surface area contributed by atoms with Crippen molar-refractivity contribution in [2.24, 2.45) is 5.92 Å². The zero-order valence-corrected chi connectivity index (χ0v) is 21.3. The Kier molecular flexibility index (Phi) is 8.25. The van der Waals surface area contributed by atoms with Crippen LogP contribution in [0.15, 0.2) is 0 Å². The van der Waals surface area contributed by atoms with Crippen LogP contribution in [-0.2, 0) is 14.4 Å². The van der Waals surface area contributed by atoms with Gasteiger partial charge in [-0.15, -0.1) is 0 Å². The van der Waals surface area contributed by atoms with Crippen LogP contribution >= 0.6 is 0 Å². The number of amides is 3. The molecule has 0 bridgehead atoms. The number of piperidine rings is 1. The van der Waals surface area contributed by atoms with E-state index in [1.807, 2.05) is 4.90 Å². The van der Waals surface area contributed by atoms with Crippen molar-refractivity contribution in [3.8, 4) is 0 Å². The van der Waals surface area contributed by atoms with Gasteiger partial charge in [0.1, 0.15) is 12.2 Å². The van der Waals surface area contributed by atoms with Gasteiger partial charge >= 0.3 is 0 Å².